The minimum Gasteiger partial charge on any atom is -0.360 e. The van der Waals surface area contributed by atoms with Crippen LogP contribution in [-0.4, -0.2) is 48.7 Å². The molecule has 102 valence electrons. The van der Waals surface area contributed by atoms with E-state index in [9.17, 15) is 4.79 Å². The second-order valence-electron chi connectivity index (χ2n) is 4.41. The molecular weight excluding hydrogens is 256 g/mol. The van der Waals surface area contributed by atoms with Crippen molar-refractivity contribution in [2.24, 2.45) is 0 Å². The number of aromatic nitrogens is 1. The van der Waals surface area contributed by atoms with Gasteiger partial charge in [0.25, 0.3) is 0 Å². The topological polar surface area (TPSA) is 70.4 Å². The molecule has 1 aromatic rings. The number of rotatable bonds is 5. The minimum atomic E-state index is -0.0302. The van der Waals surface area contributed by atoms with Crippen LogP contribution in [0.5, 0.6) is 0 Å². The molecule has 1 aliphatic heterocycles. The number of amides is 1. The third kappa shape index (κ3) is 3.97. The van der Waals surface area contributed by atoms with Crippen LogP contribution < -0.4 is 10.6 Å². The van der Waals surface area contributed by atoms with Crippen molar-refractivity contribution in [3.05, 3.63) is 11.8 Å². The monoisotopic (exact) mass is 274 g/mol. The lowest BCUT2D eigenvalue weighted by molar-refractivity contribution is -0.116. The third-order valence-electron chi connectivity index (χ3n) is 2.97. The number of hydrogen-bond acceptors (Lipinski definition) is 5. The van der Waals surface area contributed by atoms with Crippen LogP contribution in [0.15, 0.2) is 10.6 Å². The van der Waals surface area contributed by atoms with Crippen LogP contribution in [0, 0.1) is 6.92 Å². The summed E-state index contributed by atoms with van der Waals surface area (Å²) in [6.45, 7) is 4.58. The Morgan fingerprint density at radius 1 is 1.67 bits per heavy atom. The van der Waals surface area contributed by atoms with Crippen LogP contribution in [-0.2, 0) is 4.79 Å². The Labute approximate surface area is 112 Å². The van der Waals surface area contributed by atoms with Crippen LogP contribution in [0.4, 0.5) is 5.82 Å². The normalized spacial score (nSPS) is 15.1. The van der Waals surface area contributed by atoms with Crippen molar-refractivity contribution in [3.8, 4) is 0 Å². The van der Waals surface area contributed by atoms with Gasteiger partial charge in [-0.05, 0) is 14.0 Å². The molecule has 2 N–H and O–H groups in total. The quantitative estimate of drug-likeness (QED) is 0.824. The van der Waals surface area contributed by atoms with Crippen molar-refractivity contribution in [1.29, 1.82) is 0 Å². The molecular formula is C11H19ClN4O2. The maximum atomic E-state index is 11.6. The van der Waals surface area contributed by atoms with Gasteiger partial charge in [0, 0.05) is 38.2 Å². The summed E-state index contributed by atoms with van der Waals surface area (Å²) in [6, 6.07) is 2.27. The molecule has 0 aromatic carbocycles. The van der Waals surface area contributed by atoms with E-state index in [-0.39, 0.29) is 18.3 Å². The molecule has 7 heteroatoms. The van der Waals surface area contributed by atoms with Crippen molar-refractivity contribution in [2.45, 2.75) is 19.4 Å². The van der Waals surface area contributed by atoms with E-state index in [4.69, 9.17) is 4.52 Å². The molecule has 0 saturated carbocycles. The number of nitrogens with one attached hydrogen (secondary N) is 2. The summed E-state index contributed by atoms with van der Waals surface area (Å²) in [4.78, 5) is 13.8. The summed E-state index contributed by atoms with van der Waals surface area (Å²) < 4.78 is 4.87. The van der Waals surface area contributed by atoms with E-state index in [1.165, 1.54) is 0 Å². The van der Waals surface area contributed by atoms with Crippen LogP contribution in [0.3, 0.4) is 0 Å². The molecule has 1 aromatic heterocycles. The smallest absolute Gasteiger partial charge is 0.226 e. The van der Waals surface area contributed by atoms with Gasteiger partial charge in [0.1, 0.15) is 5.76 Å². The molecule has 1 aliphatic rings. The summed E-state index contributed by atoms with van der Waals surface area (Å²) in [5, 5.41) is 9.63. The van der Waals surface area contributed by atoms with E-state index in [1.807, 2.05) is 7.05 Å². The van der Waals surface area contributed by atoms with Gasteiger partial charge in [0.2, 0.25) is 5.91 Å². The maximum Gasteiger partial charge on any atom is 0.226 e. The van der Waals surface area contributed by atoms with Crippen molar-refractivity contribution in [3.63, 3.8) is 0 Å². The van der Waals surface area contributed by atoms with Crippen LogP contribution in [0.2, 0.25) is 0 Å². The Balaban J connectivity index is 0.00000162. The number of halogens is 1. The zero-order valence-corrected chi connectivity index (χ0v) is 11.4. The molecule has 0 unspecified atom stereocenters. The van der Waals surface area contributed by atoms with E-state index < -0.39 is 0 Å². The molecule has 18 heavy (non-hydrogen) atoms. The molecule has 0 radical (unpaired) electrons. The zero-order valence-electron chi connectivity index (χ0n) is 10.6. The first-order chi connectivity index (χ1) is 8.15. The fraction of sp³-hybridized carbons (Fsp3) is 0.636. The first-order valence-electron chi connectivity index (χ1n) is 5.79. The highest BCUT2D eigenvalue weighted by atomic mass is 35.5. The highest BCUT2D eigenvalue weighted by molar-refractivity contribution is 5.89. The highest BCUT2D eigenvalue weighted by Gasteiger charge is 2.21. The lowest BCUT2D eigenvalue weighted by atomic mass is 10.1. The second kappa shape index (κ2) is 6.72. The molecule has 0 aliphatic carbocycles. The molecule has 6 nitrogen and oxygen atoms in total. The van der Waals surface area contributed by atoms with Gasteiger partial charge in [0.15, 0.2) is 5.82 Å². The Kier molecular flexibility index (Phi) is 5.58. The first kappa shape index (κ1) is 14.9. The van der Waals surface area contributed by atoms with E-state index in [0.29, 0.717) is 24.0 Å². The van der Waals surface area contributed by atoms with Crippen molar-refractivity contribution in [2.75, 3.05) is 32.0 Å². The van der Waals surface area contributed by atoms with Gasteiger partial charge in [0.05, 0.1) is 0 Å². The standard InChI is InChI=1S/C11H18N4O2.ClH/c1-8-5-10(14-17-8)13-11(16)3-4-15(2)9-6-12-7-9;/h5,9,12H,3-4,6-7H2,1-2H3,(H,13,14,16);1H. The van der Waals surface area contributed by atoms with Gasteiger partial charge >= 0.3 is 0 Å². The molecule has 1 saturated heterocycles. The first-order valence-corrected chi connectivity index (χ1v) is 5.79. The highest BCUT2D eigenvalue weighted by Crippen LogP contribution is 2.08. The summed E-state index contributed by atoms with van der Waals surface area (Å²) >= 11 is 0. The number of likely N-dealkylation sites (N-methyl/N-ethyl adjacent to an activating group) is 1. The summed E-state index contributed by atoms with van der Waals surface area (Å²) in [5.41, 5.74) is 0. The van der Waals surface area contributed by atoms with E-state index in [0.717, 1.165) is 19.6 Å². The predicted octanol–water partition coefficient (Wildman–Crippen LogP) is 0.637. The Morgan fingerprint density at radius 2 is 2.39 bits per heavy atom. The largest absolute Gasteiger partial charge is 0.360 e. The van der Waals surface area contributed by atoms with Crippen LogP contribution >= 0.6 is 12.4 Å². The molecule has 0 atom stereocenters. The maximum absolute atomic E-state index is 11.6. The Hall–Kier alpha value is -1.11. The molecule has 1 amide bonds. The van der Waals surface area contributed by atoms with Gasteiger partial charge in [-0.1, -0.05) is 5.16 Å². The third-order valence-corrected chi connectivity index (χ3v) is 2.97. The predicted molar refractivity (Wildman–Crippen MR) is 71.0 cm³/mol. The molecule has 2 heterocycles. The number of carbonyl (C=O) groups is 1. The Bertz CT molecular complexity index is 392. The van der Waals surface area contributed by atoms with E-state index >= 15 is 0 Å². The number of hydrogen-bond donors (Lipinski definition) is 2. The lowest BCUT2D eigenvalue weighted by Gasteiger charge is -2.35. The average molecular weight is 275 g/mol. The van der Waals surface area contributed by atoms with Crippen LogP contribution in [0.1, 0.15) is 12.2 Å². The van der Waals surface area contributed by atoms with Crippen molar-refractivity contribution < 1.29 is 9.32 Å². The number of anilines is 1. The van der Waals surface area contributed by atoms with Gasteiger partial charge in [-0.15, -0.1) is 12.4 Å². The van der Waals surface area contributed by atoms with E-state index in [2.05, 4.69) is 20.7 Å². The lowest BCUT2D eigenvalue weighted by Crippen LogP contribution is -2.56. The number of carbonyl (C=O) groups excluding carboxylic acids is 1. The molecule has 0 bridgehead atoms. The van der Waals surface area contributed by atoms with Crippen LogP contribution in [0.25, 0.3) is 0 Å². The summed E-state index contributed by atoms with van der Waals surface area (Å²) in [7, 11) is 2.04. The van der Waals surface area contributed by atoms with Gasteiger partial charge in [-0.2, -0.15) is 0 Å². The summed E-state index contributed by atoms with van der Waals surface area (Å²) in [6.07, 6.45) is 0.471. The van der Waals surface area contributed by atoms with Gasteiger partial charge < -0.3 is 20.1 Å². The fourth-order valence-electron chi connectivity index (χ4n) is 1.68. The molecule has 0 spiro atoms. The van der Waals surface area contributed by atoms with Gasteiger partial charge in [-0.3, -0.25) is 4.79 Å². The second-order valence-corrected chi connectivity index (χ2v) is 4.41. The fourth-order valence-corrected chi connectivity index (χ4v) is 1.68. The SMILES string of the molecule is Cc1cc(NC(=O)CCN(C)C2CNC2)no1.Cl. The number of aryl methyl sites for hydroxylation is 1. The van der Waals surface area contributed by atoms with Gasteiger partial charge in [-0.25, -0.2) is 0 Å². The number of nitrogens with zero attached hydrogens (tertiary/aromatic N) is 2. The summed E-state index contributed by atoms with van der Waals surface area (Å²) in [5.74, 6) is 1.15. The Morgan fingerprint density at radius 3 is 2.89 bits per heavy atom. The molecule has 1 fully saturated rings. The zero-order chi connectivity index (χ0) is 12.3. The van der Waals surface area contributed by atoms with Crippen molar-refractivity contribution in [1.82, 2.24) is 15.4 Å². The minimum absolute atomic E-state index is 0. The molecule has 2 rings (SSSR count). The van der Waals surface area contributed by atoms with E-state index in [1.54, 1.807) is 13.0 Å². The average Bonchev–Trinajstić information content (AvgIpc) is 2.58. The van der Waals surface area contributed by atoms with Crippen molar-refractivity contribution >= 4 is 24.1 Å².